The SMILES string of the molecule is CCCCCSc1nc2sc3c(c2c(=O)n1-c1ccccc1)CC[C@@H](C)C3. The van der Waals surface area contributed by atoms with Crippen LogP contribution in [0, 0.1) is 5.92 Å². The van der Waals surface area contributed by atoms with E-state index >= 15 is 0 Å². The molecule has 0 fully saturated rings. The van der Waals surface area contributed by atoms with Crippen molar-refractivity contribution in [3.63, 3.8) is 0 Å². The van der Waals surface area contributed by atoms with E-state index in [0.29, 0.717) is 5.92 Å². The molecule has 1 aromatic carbocycles. The fraction of sp³-hybridized carbons (Fsp3) is 0.455. The molecule has 3 aromatic rings. The molecule has 0 unspecified atom stereocenters. The third-order valence-electron chi connectivity index (χ3n) is 5.29. The van der Waals surface area contributed by atoms with Crippen molar-refractivity contribution in [1.82, 2.24) is 9.55 Å². The van der Waals surface area contributed by atoms with Crippen LogP contribution in [0.5, 0.6) is 0 Å². The van der Waals surface area contributed by atoms with Crippen LogP contribution in [-0.2, 0) is 12.8 Å². The molecule has 0 amide bonds. The van der Waals surface area contributed by atoms with Crippen LogP contribution in [-0.4, -0.2) is 15.3 Å². The van der Waals surface area contributed by atoms with Gasteiger partial charge in [0, 0.05) is 10.6 Å². The third-order valence-corrected chi connectivity index (χ3v) is 7.47. The van der Waals surface area contributed by atoms with Gasteiger partial charge in [-0.25, -0.2) is 4.98 Å². The summed E-state index contributed by atoms with van der Waals surface area (Å²) in [5.41, 5.74) is 2.29. The second-order valence-electron chi connectivity index (χ2n) is 7.46. The summed E-state index contributed by atoms with van der Waals surface area (Å²) >= 11 is 3.46. The lowest BCUT2D eigenvalue weighted by Gasteiger charge is -2.17. The van der Waals surface area contributed by atoms with Gasteiger partial charge >= 0.3 is 0 Å². The van der Waals surface area contributed by atoms with Crippen LogP contribution in [0.25, 0.3) is 15.9 Å². The van der Waals surface area contributed by atoms with Gasteiger partial charge in [-0.3, -0.25) is 9.36 Å². The molecular weight excluding hydrogens is 372 g/mol. The smallest absolute Gasteiger partial charge is 0.267 e. The average molecular weight is 399 g/mol. The zero-order valence-electron chi connectivity index (χ0n) is 16.0. The number of para-hydroxylation sites is 1. The van der Waals surface area contributed by atoms with Gasteiger partial charge in [-0.15, -0.1) is 11.3 Å². The Balaban J connectivity index is 1.85. The molecule has 3 nitrogen and oxygen atoms in total. The molecule has 0 aliphatic heterocycles. The van der Waals surface area contributed by atoms with Crippen molar-refractivity contribution in [3.8, 4) is 5.69 Å². The van der Waals surface area contributed by atoms with Crippen molar-refractivity contribution in [3.05, 3.63) is 51.1 Å². The fourth-order valence-corrected chi connectivity index (χ4v) is 6.22. The summed E-state index contributed by atoms with van der Waals surface area (Å²) in [6.45, 7) is 4.52. The number of benzene rings is 1. The summed E-state index contributed by atoms with van der Waals surface area (Å²) in [6.07, 6.45) is 6.83. The number of aryl methyl sites for hydroxylation is 1. The molecule has 0 spiro atoms. The Hall–Kier alpha value is -1.59. The summed E-state index contributed by atoms with van der Waals surface area (Å²) in [5, 5.41) is 1.70. The molecular formula is C22H26N2OS2. The van der Waals surface area contributed by atoms with Crippen molar-refractivity contribution in [1.29, 1.82) is 0 Å². The van der Waals surface area contributed by atoms with Crippen molar-refractivity contribution >= 4 is 33.3 Å². The molecule has 0 radical (unpaired) electrons. The molecule has 142 valence electrons. The lowest BCUT2D eigenvalue weighted by atomic mass is 9.89. The number of thiophene rings is 1. The Morgan fingerprint density at radius 1 is 1.26 bits per heavy atom. The first kappa shape index (κ1) is 18.8. The van der Waals surface area contributed by atoms with Crippen LogP contribution < -0.4 is 5.56 Å². The topological polar surface area (TPSA) is 34.9 Å². The molecule has 0 saturated carbocycles. The first-order chi connectivity index (χ1) is 13.2. The summed E-state index contributed by atoms with van der Waals surface area (Å²) in [7, 11) is 0. The van der Waals surface area contributed by atoms with E-state index in [1.165, 1.54) is 23.3 Å². The van der Waals surface area contributed by atoms with Crippen LogP contribution in [0.15, 0.2) is 40.3 Å². The number of hydrogen-bond acceptors (Lipinski definition) is 4. The summed E-state index contributed by atoms with van der Waals surface area (Å²) < 4.78 is 1.84. The van der Waals surface area contributed by atoms with Gasteiger partial charge in [0.1, 0.15) is 4.83 Å². The maximum atomic E-state index is 13.6. The van der Waals surface area contributed by atoms with Gasteiger partial charge in [0.25, 0.3) is 5.56 Å². The Kier molecular flexibility index (Phi) is 5.69. The minimum absolute atomic E-state index is 0.108. The van der Waals surface area contributed by atoms with Crippen LogP contribution in [0.2, 0.25) is 0 Å². The van der Waals surface area contributed by atoms with Crippen molar-refractivity contribution in [2.75, 3.05) is 5.75 Å². The zero-order valence-corrected chi connectivity index (χ0v) is 17.7. The van der Waals surface area contributed by atoms with E-state index in [4.69, 9.17) is 4.98 Å². The monoisotopic (exact) mass is 398 g/mol. The lowest BCUT2D eigenvalue weighted by Crippen LogP contribution is -2.22. The normalized spacial score (nSPS) is 16.6. The Morgan fingerprint density at radius 3 is 2.85 bits per heavy atom. The third kappa shape index (κ3) is 3.72. The number of fused-ring (bicyclic) bond motifs is 3. The van der Waals surface area contributed by atoms with E-state index in [-0.39, 0.29) is 5.56 Å². The zero-order chi connectivity index (χ0) is 18.8. The maximum Gasteiger partial charge on any atom is 0.267 e. The van der Waals surface area contributed by atoms with E-state index in [2.05, 4.69) is 13.8 Å². The molecule has 2 aromatic heterocycles. The van der Waals surface area contributed by atoms with Gasteiger partial charge in [0.2, 0.25) is 0 Å². The van der Waals surface area contributed by atoms with E-state index in [0.717, 1.165) is 52.5 Å². The number of unbranched alkanes of at least 4 members (excludes halogenated alkanes) is 2. The number of hydrogen-bond donors (Lipinski definition) is 0. The van der Waals surface area contributed by atoms with E-state index in [9.17, 15) is 4.79 Å². The van der Waals surface area contributed by atoms with Crippen LogP contribution in [0.1, 0.15) is 50.0 Å². The van der Waals surface area contributed by atoms with Crippen molar-refractivity contribution in [2.24, 2.45) is 5.92 Å². The molecule has 2 heterocycles. The number of rotatable bonds is 6. The number of thioether (sulfide) groups is 1. The standard InChI is InChI=1S/C22H26N2OS2/c1-3-4-8-13-26-22-23-20-19(17-12-11-15(2)14-18(17)27-20)21(25)24(22)16-9-6-5-7-10-16/h5-7,9-10,15H,3-4,8,11-14H2,1-2H3/t15-/m1/s1. The van der Waals surface area contributed by atoms with Gasteiger partial charge in [0.15, 0.2) is 5.16 Å². The van der Waals surface area contributed by atoms with E-state index in [1.54, 1.807) is 23.1 Å². The summed E-state index contributed by atoms with van der Waals surface area (Å²) in [5.74, 6) is 1.70. The van der Waals surface area contributed by atoms with Crippen molar-refractivity contribution in [2.45, 2.75) is 57.5 Å². The lowest BCUT2D eigenvalue weighted by molar-refractivity contribution is 0.509. The molecule has 1 aliphatic rings. The Bertz CT molecular complexity index is 991. The van der Waals surface area contributed by atoms with Gasteiger partial charge in [-0.1, -0.05) is 56.7 Å². The maximum absolute atomic E-state index is 13.6. The average Bonchev–Trinajstić information content (AvgIpc) is 3.03. The summed E-state index contributed by atoms with van der Waals surface area (Å²) in [6, 6.07) is 9.98. The summed E-state index contributed by atoms with van der Waals surface area (Å²) in [4.78, 5) is 20.9. The second-order valence-corrected chi connectivity index (χ2v) is 9.60. The quantitative estimate of drug-likeness (QED) is 0.297. The fourth-order valence-electron chi connectivity index (χ4n) is 3.79. The Labute approximate surface area is 168 Å². The number of aromatic nitrogens is 2. The minimum Gasteiger partial charge on any atom is -0.268 e. The first-order valence-electron chi connectivity index (χ1n) is 9.94. The van der Waals surface area contributed by atoms with E-state index < -0.39 is 0 Å². The highest BCUT2D eigenvalue weighted by atomic mass is 32.2. The van der Waals surface area contributed by atoms with Crippen LogP contribution in [0.3, 0.4) is 0 Å². The second kappa shape index (κ2) is 8.19. The molecule has 0 bridgehead atoms. The van der Waals surface area contributed by atoms with Crippen LogP contribution >= 0.6 is 23.1 Å². The van der Waals surface area contributed by atoms with Gasteiger partial charge < -0.3 is 0 Å². The molecule has 4 rings (SSSR count). The molecule has 1 atom stereocenters. The van der Waals surface area contributed by atoms with Crippen LogP contribution in [0.4, 0.5) is 0 Å². The highest BCUT2D eigenvalue weighted by molar-refractivity contribution is 7.99. The minimum atomic E-state index is 0.108. The molecule has 5 heteroatoms. The van der Waals surface area contributed by atoms with Gasteiger partial charge in [-0.05, 0) is 49.3 Å². The highest BCUT2D eigenvalue weighted by Crippen LogP contribution is 2.37. The van der Waals surface area contributed by atoms with Gasteiger partial charge in [-0.2, -0.15) is 0 Å². The number of nitrogens with zero attached hydrogens (tertiary/aromatic N) is 2. The first-order valence-corrected chi connectivity index (χ1v) is 11.7. The molecule has 0 N–H and O–H groups in total. The van der Waals surface area contributed by atoms with E-state index in [1.807, 2.05) is 34.9 Å². The molecule has 1 aliphatic carbocycles. The predicted molar refractivity (Wildman–Crippen MR) is 117 cm³/mol. The molecule has 0 saturated heterocycles. The van der Waals surface area contributed by atoms with Crippen molar-refractivity contribution < 1.29 is 0 Å². The molecule has 27 heavy (non-hydrogen) atoms. The predicted octanol–water partition coefficient (Wildman–Crippen LogP) is 5.85. The van der Waals surface area contributed by atoms with Gasteiger partial charge in [0.05, 0.1) is 11.1 Å². The Morgan fingerprint density at radius 2 is 2.07 bits per heavy atom. The largest absolute Gasteiger partial charge is 0.268 e. The highest BCUT2D eigenvalue weighted by Gasteiger charge is 2.25.